The number of carboxylic acid groups (broad SMARTS) is 1. The summed E-state index contributed by atoms with van der Waals surface area (Å²) < 4.78 is 5.36. The topological polar surface area (TPSA) is 49.8 Å². The van der Waals surface area contributed by atoms with Gasteiger partial charge in [0.25, 0.3) is 0 Å². The average molecular weight is 298 g/mol. The van der Waals surface area contributed by atoms with E-state index in [1.54, 1.807) is 0 Å². The number of carbonyl (C=O) groups is 1. The first-order valence-electron chi connectivity index (χ1n) is 6.61. The Hall–Kier alpha value is -1.52. The summed E-state index contributed by atoms with van der Waals surface area (Å²) in [5.41, 5.74) is 1.70. The zero-order chi connectivity index (χ0) is 15.0. The molecule has 0 saturated heterocycles. The standard InChI is InChI=1S/C15H20ClNO3/c1-3-17(9-10-20-4-2)13-7-5-12(14(16)11-13)6-8-15(18)19/h5-8,11H,3-4,9-10H2,1-2H3,(H,18,19)/b8-6+. The summed E-state index contributed by atoms with van der Waals surface area (Å²) in [5.74, 6) is -0.989. The van der Waals surface area contributed by atoms with Crippen molar-refractivity contribution in [2.75, 3.05) is 31.2 Å². The van der Waals surface area contributed by atoms with Crippen LogP contribution in [0.3, 0.4) is 0 Å². The van der Waals surface area contributed by atoms with E-state index in [2.05, 4.69) is 11.8 Å². The van der Waals surface area contributed by atoms with Gasteiger partial charge in [0.15, 0.2) is 0 Å². The largest absolute Gasteiger partial charge is 0.478 e. The second-order valence-corrected chi connectivity index (χ2v) is 4.56. The van der Waals surface area contributed by atoms with Gasteiger partial charge in [-0.25, -0.2) is 4.79 Å². The second kappa shape index (κ2) is 8.61. The predicted molar refractivity (Wildman–Crippen MR) is 82.5 cm³/mol. The smallest absolute Gasteiger partial charge is 0.328 e. The van der Waals surface area contributed by atoms with Gasteiger partial charge in [-0.05, 0) is 37.6 Å². The number of aliphatic carboxylic acids is 1. The molecule has 1 rings (SSSR count). The van der Waals surface area contributed by atoms with E-state index in [-0.39, 0.29) is 0 Å². The molecule has 1 aromatic carbocycles. The van der Waals surface area contributed by atoms with Gasteiger partial charge in [-0.2, -0.15) is 0 Å². The lowest BCUT2D eigenvalue weighted by atomic mass is 10.1. The first kappa shape index (κ1) is 16.5. The second-order valence-electron chi connectivity index (χ2n) is 4.15. The number of nitrogens with zero attached hydrogens (tertiary/aromatic N) is 1. The number of rotatable bonds is 8. The lowest BCUT2D eigenvalue weighted by Crippen LogP contribution is -2.27. The van der Waals surface area contributed by atoms with E-state index in [0.29, 0.717) is 23.8 Å². The van der Waals surface area contributed by atoms with Crippen molar-refractivity contribution < 1.29 is 14.6 Å². The highest BCUT2D eigenvalue weighted by Gasteiger charge is 2.06. The fourth-order valence-corrected chi connectivity index (χ4v) is 2.04. The number of anilines is 1. The Bertz CT molecular complexity index is 474. The number of likely N-dealkylation sites (N-methyl/N-ethyl adjacent to an activating group) is 1. The van der Waals surface area contributed by atoms with Crippen molar-refractivity contribution in [2.24, 2.45) is 0 Å². The van der Waals surface area contributed by atoms with E-state index in [4.69, 9.17) is 21.4 Å². The Kier molecular flexibility index (Phi) is 7.12. The fourth-order valence-electron chi connectivity index (χ4n) is 1.80. The van der Waals surface area contributed by atoms with Crippen LogP contribution in [0.1, 0.15) is 19.4 Å². The third-order valence-corrected chi connectivity index (χ3v) is 3.17. The minimum atomic E-state index is -0.989. The molecule has 1 aromatic rings. The molecule has 0 saturated carbocycles. The quantitative estimate of drug-likeness (QED) is 0.591. The number of hydrogen-bond acceptors (Lipinski definition) is 3. The summed E-state index contributed by atoms with van der Waals surface area (Å²) in [5, 5.41) is 9.15. The Morgan fingerprint density at radius 2 is 2.20 bits per heavy atom. The maximum Gasteiger partial charge on any atom is 0.328 e. The molecule has 0 spiro atoms. The minimum Gasteiger partial charge on any atom is -0.478 e. The van der Waals surface area contributed by atoms with Crippen LogP contribution in [-0.4, -0.2) is 37.4 Å². The van der Waals surface area contributed by atoms with Crippen LogP contribution in [0.15, 0.2) is 24.3 Å². The molecule has 0 aliphatic heterocycles. The van der Waals surface area contributed by atoms with Crippen molar-refractivity contribution in [3.05, 3.63) is 34.9 Å². The van der Waals surface area contributed by atoms with Gasteiger partial charge in [0.05, 0.1) is 6.61 Å². The Labute approximate surface area is 124 Å². The first-order chi connectivity index (χ1) is 9.58. The zero-order valence-electron chi connectivity index (χ0n) is 11.8. The van der Waals surface area contributed by atoms with Crippen LogP contribution in [0.5, 0.6) is 0 Å². The molecule has 0 atom stereocenters. The van der Waals surface area contributed by atoms with Gasteiger partial charge in [0, 0.05) is 36.5 Å². The van der Waals surface area contributed by atoms with Gasteiger partial charge in [0.2, 0.25) is 0 Å². The molecule has 0 amide bonds. The van der Waals surface area contributed by atoms with Crippen molar-refractivity contribution in [3.63, 3.8) is 0 Å². The maximum absolute atomic E-state index is 10.5. The van der Waals surface area contributed by atoms with Gasteiger partial charge < -0.3 is 14.7 Å². The van der Waals surface area contributed by atoms with E-state index in [1.807, 2.05) is 25.1 Å². The van der Waals surface area contributed by atoms with Crippen molar-refractivity contribution >= 4 is 29.3 Å². The van der Waals surface area contributed by atoms with Crippen LogP contribution in [0.2, 0.25) is 5.02 Å². The van der Waals surface area contributed by atoms with Crippen LogP contribution in [-0.2, 0) is 9.53 Å². The van der Waals surface area contributed by atoms with Crippen molar-refractivity contribution in [1.82, 2.24) is 0 Å². The average Bonchev–Trinajstić information content (AvgIpc) is 2.42. The molecule has 0 aromatic heterocycles. The molecular formula is C15H20ClNO3. The molecule has 1 N–H and O–H groups in total. The molecule has 0 fully saturated rings. The van der Waals surface area contributed by atoms with E-state index in [9.17, 15) is 4.79 Å². The summed E-state index contributed by atoms with van der Waals surface area (Å²) >= 11 is 6.17. The maximum atomic E-state index is 10.5. The van der Waals surface area contributed by atoms with Gasteiger partial charge in [-0.3, -0.25) is 0 Å². The van der Waals surface area contributed by atoms with Crippen molar-refractivity contribution in [2.45, 2.75) is 13.8 Å². The molecule has 0 unspecified atom stereocenters. The number of carboxylic acids is 1. The highest BCUT2D eigenvalue weighted by molar-refractivity contribution is 6.32. The highest BCUT2D eigenvalue weighted by atomic mass is 35.5. The molecule has 0 bridgehead atoms. The Balaban J connectivity index is 2.81. The van der Waals surface area contributed by atoms with E-state index >= 15 is 0 Å². The lowest BCUT2D eigenvalue weighted by Gasteiger charge is -2.23. The van der Waals surface area contributed by atoms with Gasteiger partial charge >= 0.3 is 5.97 Å². The molecule has 110 valence electrons. The molecule has 0 radical (unpaired) electrons. The van der Waals surface area contributed by atoms with Crippen LogP contribution >= 0.6 is 11.6 Å². The number of hydrogen-bond donors (Lipinski definition) is 1. The monoisotopic (exact) mass is 297 g/mol. The third kappa shape index (κ3) is 5.23. The first-order valence-corrected chi connectivity index (χ1v) is 6.99. The number of halogens is 1. The predicted octanol–water partition coefficient (Wildman–Crippen LogP) is 3.30. The molecule has 4 nitrogen and oxygen atoms in total. The van der Waals surface area contributed by atoms with E-state index in [1.165, 1.54) is 6.08 Å². The highest BCUT2D eigenvalue weighted by Crippen LogP contribution is 2.24. The lowest BCUT2D eigenvalue weighted by molar-refractivity contribution is -0.131. The number of benzene rings is 1. The van der Waals surface area contributed by atoms with Crippen LogP contribution in [0, 0.1) is 0 Å². The molecular weight excluding hydrogens is 278 g/mol. The summed E-state index contributed by atoms with van der Waals surface area (Å²) in [6.45, 7) is 7.06. The van der Waals surface area contributed by atoms with Crippen LogP contribution in [0.25, 0.3) is 6.08 Å². The molecule has 0 aliphatic carbocycles. The summed E-state index contributed by atoms with van der Waals surface area (Å²) in [6.07, 6.45) is 2.57. The van der Waals surface area contributed by atoms with Crippen LogP contribution < -0.4 is 4.90 Å². The van der Waals surface area contributed by atoms with Crippen molar-refractivity contribution in [3.8, 4) is 0 Å². The van der Waals surface area contributed by atoms with E-state index in [0.717, 1.165) is 24.9 Å². The van der Waals surface area contributed by atoms with Crippen molar-refractivity contribution in [1.29, 1.82) is 0 Å². The van der Waals surface area contributed by atoms with Gasteiger partial charge in [0.1, 0.15) is 0 Å². The summed E-state index contributed by atoms with van der Waals surface area (Å²) in [4.78, 5) is 12.7. The third-order valence-electron chi connectivity index (χ3n) is 2.85. The SMILES string of the molecule is CCOCCN(CC)c1ccc(/C=C/C(=O)O)c(Cl)c1. The normalized spacial score (nSPS) is 10.9. The molecule has 5 heteroatoms. The zero-order valence-corrected chi connectivity index (χ0v) is 12.6. The molecule has 0 heterocycles. The Morgan fingerprint density at radius 1 is 1.45 bits per heavy atom. The van der Waals surface area contributed by atoms with E-state index < -0.39 is 5.97 Å². The number of ether oxygens (including phenoxy) is 1. The van der Waals surface area contributed by atoms with Crippen LogP contribution in [0.4, 0.5) is 5.69 Å². The van der Waals surface area contributed by atoms with Gasteiger partial charge in [-0.15, -0.1) is 0 Å². The fraction of sp³-hybridized carbons (Fsp3) is 0.400. The molecule has 0 aliphatic rings. The summed E-state index contributed by atoms with van der Waals surface area (Å²) in [6, 6.07) is 5.60. The van der Waals surface area contributed by atoms with Gasteiger partial charge in [-0.1, -0.05) is 17.7 Å². The Morgan fingerprint density at radius 3 is 2.75 bits per heavy atom. The summed E-state index contributed by atoms with van der Waals surface area (Å²) in [7, 11) is 0. The molecule has 20 heavy (non-hydrogen) atoms. The minimum absolute atomic E-state index is 0.537.